The molecule has 0 atom stereocenters. The van der Waals surface area contributed by atoms with Crippen LogP contribution in [0, 0.1) is 11.8 Å². The minimum atomic E-state index is -0.341. The summed E-state index contributed by atoms with van der Waals surface area (Å²) < 4.78 is 5.83. The van der Waals surface area contributed by atoms with E-state index in [1.807, 2.05) is 0 Å². The van der Waals surface area contributed by atoms with Crippen molar-refractivity contribution in [3.8, 4) is 17.6 Å². The van der Waals surface area contributed by atoms with Gasteiger partial charge in [-0.2, -0.15) is 0 Å². The van der Waals surface area contributed by atoms with Crippen LogP contribution in [0.15, 0.2) is 22.7 Å². The van der Waals surface area contributed by atoms with Crippen molar-refractivity contribution in [3.63, 3.8) is 0 Å². The molecule has 1 aromatic carbocycles. The lowest BCUT2D eigenvalue weighted by molar-refractivity contribution is -0.111. The largest absolute Gasteiger partial charge is 0.497 e. The van der Waals surface area contributed by atoms with Crippen molar-refractivity contribution in [2.75, 3.05) is 12.4 Å². The number of methoxy groups -OCH3 is 1. The van der Waals surface area contributed by atoms with E-state index >= 15 is 0 Å². The van der Waals surface area contributed by atoms with E-state index in [4.69, 9.17) is 4.74 Å². The summed E-state index contributed by atoms with van der Waals surface area (Å²) in [7, 11) is 1.57. The zero-order valence-corrected chi connectivity index (χ0v) is 10.0. The summed E-state index contributed by atoms with van der Waals surface area (Å²) in [4.78, 5) is 11.2. The Morgan fingerprint density at radius 3 is 2.87 bits per heavy atom. The maximum Gasteiger partial charge on any atom is 0.300 e. The second kappa shape index (κ2) is 5.42. The molecule has 0 aliphatic carbocycles. The molecule has 0 saturated heterocycles. The molecule has 15 heavy (non-hydrogen) atoms. The number of rotatable bonds is 2. The van der Waals surface area contributed by atoms with Gasteiger partial charge in [0.05, 0.1) is 12.8 Å². The van der Waals surface area contributed by atoms with Crippen LogP contribution in [0.2, 0.25) is 0 Å². The summed E-state index contributed by atoms with van der Waals surface area (Å²) in [5.74, 6) is 5.26. The fourth-order valence-electron chi connectivity index (χ4n) is 0.994. The fraction of sp³-hybridized carbons (Fsp3) is 0.182. The zero-order valence-electron chi connectivity index (χ0n) is 8.43. The zero-order chi connectivity index (χ0) is 11.3. The van der Waals surface area contributed by atoms with Gasteiger partial charge in [-0.25, -0.2) is 0 Å². The predicted molar refractivity (Wildman–Crippen MR) is 62.8 cm³/mol. The number of carbonyl (C=O) groups is 1. The molecule has 0 saturated carbocycles. The second-order valence-electron chi connectivity index (χ2n) is 2.67. The van der Waals surface area contributed by atoms with Gasteiger partial charge in [-0.1, -0.05) is 5.92 Å². The van der Waals surface area contributed by atoms with Gasteiger partial charge in [0.2, 0.25) is 0 Å². The molecule has 0 aliphatic heterocycles. The maximum atomic E-state index is 11.2. The maximum absolute atomic E-state index is 11.2. The molecule has 0 fully saturated rings. The van der Waals surface area contributed by atoms with Crippen LogP contribution in [0.5, 0.6) is 5.75 Å². The van der Waals surface area contributed by atoms with E-state index in [9.17, 15) is 4.79 Å². The summed E-state index contributed by atoms with van der Waals surface area (Å²) in [6.07, 6.45) is 0. The molecule has 0 radical (unpaired) electrons. The Morgan fingerprint density at radius 1 is 1.53 bits per heavy atom. The normalized spacial score (nSPS) is 8.73. The third-order valence-electron chi connectivity index (χ3n) is 1.66. The third kappa shape index (κ3) is 3.30. The van der Waals surface area contributed by atoms with E-state index < -0.39 is 0 Å². The van der Waals surface area contributed by atoms with Crippen LogP contribution in [0.1, 0.15) is 6.92 Å². The average Bonchev–Trinajstić information content (AvgIpc) is 2.21. The van der Waals surface area contributed by atoms with E-state index in [1.54, 1.807) is 32.2 Å². The van der Waals surface area contributed by atoms with E-state index in [0.717, 1.165) is 4.47 Å². The van der Waals surface area contributed by atoms with Crippen molar-refractivity contribution in [3.05, 3.63) is 22.7 Å². The number of carbonyl (C=O) groups excluding carboxylic acids is 1. The van der Waals surface area contributed by atoms with Crippen molar-refractivity contribution in [2.45, 2.75) is 6.92 Å². The highest BCUT2D eigenvalue weighted by Gasteiger charge is 2.04. The molecule has 78 valence electrons. The van der Waals surface area contributed by atoms with E-state index in [1.165, 1.54) is 0 Å². The number of hydrogen-bond acceptors (Lipinski definition) is 2. The molecule has 1 aromatic rings. The molecule has 1 N–H and O–H groups in total. The number of anilines is 1. The number of benzene rings is 1. The van der Waals surface area contributed by atoms with E-state index in [0.29, 0.717) is 11.4 Å². The van der Waals surface area contributed by atoms with Gasteiger partial charge in [0.1, 0.15) is 5.75 Å². The van der Waals surface area contributed by atoms with Gasteiger partial charge in [0.15, 0.2) is 0 Å². The molecule has 1 amide bonds. The van der Waals surface area contributed by atoms with Crippen LogP contribution in [0.25, 0.3) is 0 Å². The van der Waals surface area contributed by atoms with Crippen LogP contribution in [0.3, 0.4) is 0 Å². The predicted octanol–water partition coefficient (Wildman–Crippen LogP) is 2.42. The van der Waals surface area contributed by atoms with Crippen molar-refractivity contribution in [1.29, 1.82) is 0 Å². The molecule has 0 aliphatic rings. The Hall–Kier alpha value is -1.47. The van der Waals surface area contributed by atoms with Crippen molar-refractivity contribution >= 4 is 27.5 Å². The molecule has 1 rings (SSSR count). The molecule has 4 heteroatoms. The monoisotopic (exact) mass is 267 g/mol. The lowest BCUT2D eigenvalue weighted by Crippen LogP contribution is -2.08. The molecule has 0 heterocycles. The fourth-order valence-corrected chi connectivity index (χ4v) is 1.34. The van der Waals surface area contributed by atoms with Gasteiger partial charge in [0, 0.05) is 10.5 Å². The van der Waals surface area contributed by atoms with Gasteiger partial charge in [-0.05, 0) is 40.9 Å². The Labute approximate surface area is 96.9 Å². The number of halogens is 1. The lowest BCUT2D eigenvalue weighted by atomic mass is 10.3. The first-order valence-corrected chi connectivity index (χ1v) is 5.04. The summed E-state index contributed by atoms with van der Waals surface area (Å²) >= 11 is 3.32. The SMILES string of the molecule is CC#CC(=O)Nc1cc(OC)ccc1Br. The third-order valence-corrected chi connectivity index (χ3v) is 2.35. The van der Waals surface area contributed by atoms with Gasteiger partial charge < -0.3 is 10.1 Å². The van der Waals surface area contributed by atoms with Crippen LogP contribution >= 0.6 is 15.9 Å². The number of nitrogens with one attached hydrogen (secondary N) is 1. The molecule has 0 aromatic heterocycles. The molecule has 3 nitrogen and oxygen atoms in total. The molecular weight excluding hydrogens is 258 g/mol. The Balaban J connectivity index is 2.91. The summed E-state index contributed by atoms with van der Waals surface area (Å²) in [6.45, 7) is 1.61. The average molecular weight is 268 g/mol. The Bertz CT molecular complexity index is 432. The number of hydrogen-bond donors (Lipinski definition) is 1. The van der Waals surface area contributed by atoms with Crippen LogP contribution in [-0.2, 0) is 4.79 Å². The quantitative estimate of drug-likeness (QED) is 0.836. The van der Waals surface area contributed by atoms with Crippen molar-refractivity contribution in [1.82, 2.24) is 0 Å². The first-order valence-electron chi connectivity index (χ1n) is 4.24. The van der Waals surface area contributed by atoms with Gasteiger partial charge in [-0.15, -0.1) is 0 Å². The highest BCUT2D eigenvalue weighted by Crippen LogP contribution is 2.26. The van der Waals surface area contributed by atoms with Gasteiger partial charge in [-0.3, -0.25) is 4.79 Å². The topological polar surface area (TPSA) is 38.3 Å². The molecular formula is C11H10BrNO2. The van der Waals surface area contributed by atoms with Crippen LogP contribution in [-0.4, -0.2) is 13.0 Å². The van der Waals surface area contributed by atoms with Gasteiger partial charge >= 0.3 is 0 Å². The summed E-state index contributed by atoms with van der Waals surface area (Å²) in [6, 6.07) is 5.32. The highest BCUT2D eigenvalue weighted by atomic mass is 79.9. The smallest absolute Gasteiger partial charge is 0.300 e. The Morgan fingerprint density at radius 2 is 2.27 bits per heavy atom. The molecule has 0 unspecified atom stereocenters. The van der Waals surface area contributed by atoms with Crippen molar-refractivity contribution in [2.24, 2.45) is 0 Å². The standard InChI is InChI=1S/C11H10BrNO2/c1-3-4-11(14)13-10-7-8(15-2)5-6-9(10)12/h5-7H,1-2H3,(H,13,14). The van der Waals surface area contributed by atoms with Crippen molar-refractivity contribution < 1.29 is 9.53 Å². The summed E-state index contributed by atoms with van der Waals surface area (Å²) in [5.41, 5.74) is 0.641. The van der Waals surface area contributed by atoms with Crippen LogP contribution in [0.4, 0.5) is 5.69 Å². The number of amides is 1. The minimum absolute atomic E-state index is 0.341. The van der Waals surface area contributed by atoms with E-state index in [-0.39, 0.29) is 5.91 Å². The Kier molecular flexibility index (Phi) is 4.19. The lowest BCUT2D eigenvalue weighted by Gasteiger charge is -2.06. The minimum Gasteiger partial charge on any atom is -0.497 e. The molecule has 0 bridgehead atoms. The van der Waals surface area contributed by atoms with Crippen LogP contribution < -0.4 is 10.1 Å². The summed E-state index contributed by atoms with van der Waals surface area (Å²) in [5, 5.41) is 2.65. The van der Waals surface area contributed by atoms with E-state index in [2.05, 4.69) is 33.1 Å². The first-order chi connectivity index (χ1) is 7.17. The first kappa shape index (κ1) is 11.6. The second-order valence-corrected chi connectivity index (χ2v) is 3.53. The number of ether oxygens (including phenoxy) is 1. The molecule has 0 spiro atoms. The van der Waals surface area contributed by atoms with Gasteiger partial charge in [0.25, 0.3) is 5.91 Å². The highest BCUT2D eigenvalue weighted by molar-refractivity contribution is 9.10.